The third-order valence-electron chi connectivity index (χ3n) is 4.16. The average molecular weight is 361 g/mol. The summed E-state index contributed by atoms with van der Waals surface area (Å²) < 4.78 is 15.0. The maximum Gasteiger partial charge on any atom is 1.00 e. The zero-order chi connectivity index (χ0) is 18.1. The zero-order valence-electron chi connectivity index (χ0n) is 15.0. The van der Waals surface area contributed by atoms with Crippen LogP contribution in [0.3, 0.4) is 0 Å². The number of nitrogens with two attached hydrogens (primary N) is 1. The Morgan fingerprint density at radius 1 is 1.27 bits per heavy atom. The van der Waals surface area contributed by atoms with Gasteiger partial charge in [0.05, 0.1) is 0 Å². The van der Waals surface area contributed by atoms with Crippen molar-refractivity contribution in [2.24, 2.45) is 5.73 Å². The molecule has 0 saturated carbocycles. The predicted octanol–water partition coefficient (Wildman–Crippen LogP) is -0.593. The number of halogens is 1. The molecule has 3 rings (SSSR count). The second-order valence-electron chi connectivity index (χ2n) is 5.86. The summed E-state index contributed by atoms with van der Waals surface area (Å²) in [4.78, 5) is 27.9. The number of carbonyl (C=O) groups is 2. The van der Waals surface area contributed by atoms with Crippen LogP contribution < -0.4 is 35.3 Å². The Bertz CT molecular complexity index is 981. The van der Waals surface area contributed by atoms with Crippen LogP contribution in [0.25, 0.3) is 5.52 Å². The smallest absolute Gasteiger partial charge is 0.387 e. The quantitative estimate of drug-likeness (QED) is 0.286. The van der Waals surface area contributed by atoms with Gasteiger partial charge in [-0.1, -0.05) is 37.7 Å². The first-order valence-corrected chi connectivity index (χ1v) is 7.92. The number of amides is 1. The average Bonchev–Trinajstić information content (AvgIpc) is 2.88. The van der Waals surface area contributed by atoms with Crippen LogP contribution in [-0.2, 0) is 17.6 Å². The Morgan fingerprint density at radius 2 is 1.92 bits per heavy atom. The van der Waals surface area contributed by atoms with Crippen LogP contribution in [0.4, 0.5) is 4.39 Å². The summed E-state index contributed by atoms with van der Waals surface area (Å²) in [6.07, 6.45) is 5.65. The van der Waals surface area contributed by atoms with E-state index in [9.17, 15) is 14.0 Å². The third-order valence-corrected chi connectivity index (χ3v) is 4.16. The van der Waals surface area contributed by atoms with Crippen molar-refractivity contribution in [3.63, 3.8) is 0 Å². The van der Waals surface area contributed by atoms with Gasteiger partial charge in [-0.25, -0.2) is 4.39 Å². The first-order valence-electron chi connectivity index (χ1n) is 7.92. The number of fused-ring (bicyclic) bond motifs is 1. The van der Waals surface area contributed by atoms with Gasteiger partial charge in [-0.05, 0) is 47.1 Å². The molecular weight excluding hydrogens is 344 g/mol. The third kappa shape index (κ3) is 3.72. The SMILES string of the molecule is CCc1c(C(=O)C(N)=O)c2[c-]nc(C)cn2c1Cc1ccc(F)cc1.[Na+]. The number of rotatable bonds is 5. The fraction of sp³-hybridized carbons (Fsp3) is 0.211. The van der Waals surface area contributed by atoms with Gasteiger partial charge in [0, 0.05) is 12.1 Å². The molecule has 26 heavy (non-hydrogen) atoms. The molecule has 0 atom stereocenters. The topological polar surface area (TPSA) is 77.5 Å². The van der Waals surface area contributed by atoms with Gasteiger partial charge in [0.15, 0.2) is 5.78 Å². The molecule has 0 aliphatic heterocycles. The van der Waals surface area contributed by atoms with Gasteiger partial charge in [0.1, 0.15) is 5.82 Å². The summed E-state index contributed by atoms with van der Waals surface area (Å²) in [6.45, 7) is 3.72. The minimum atomic E-state index is -1.01. The Kier molecular flexibility index (Phi) is 6.34. The van der Waals surface area contributed by atoms with E-state index in [1.807, 2.05) is 18.2 Å². The molecule has 2 heterocycles. The van der Waals surface area contributed by atoms with Gasteiger partial charge in [0.25, 0.3) is 5.91 Å². The summed E-state index contributed by atoms with van der Waals surface area (Å²) in [7, 11) is 0. The van der Waals surface area contributed by atoms with Gasteiger partial charge >= 0.3 is 29.6 Å². The number of aryl methyl sites for hydroxylation is 1. The van der Waals surface area contributed by atoms with Gasteiger partial charge in [-0.2, -0.15) is 0 Å². The van der Waals surface area contributed by atoms with Crippen LogP contribution in [0.15, 0.2) is 30.5 Å². The Morgan fingerprint density at radius 3 is 2.50 bits per heavy atom. The van der Waals surface area contributed by atoms with E-state index in [-0.39, 0.29) is 40.9 Å². The summed E-state index contributed by atoms with van der Waals surface area (Å²) in [5.41, 5.74) is 9.09. The van der Waals surface area contributed by atoms with Crippen molar-refractivity contribution in [1.82, 2.24) is 9.38 Å². The molecule has 2 aromatic heterocycles. The number of ketones is 1. The molecule has 0 spiro atoms. The first-order chi connectivity index (χ1) is 11.9. The second-order valence-corrected chi connectivity index (χ2v) is 5.86. The van der Waals surface area contributed by atoms with Crippen molar-refractivity contribution >= 4 is 17.2 Å². The first kappa shape index (κ1) is 20.3. The van der Waals surface area contributed by atoms with E-state index >= 15 is 0 Å². The molecule has 128 valence electrons. The molecule has 0 radical (unpaired) electrons. The van der Waals surface area contributed by atoms with Crippen LogP contribution in [0.2, 0.25) is 0 Å². The van der Waals surface area contributed by atoms with E-state index in [1.165, 1.54) is 12.1 Å². The number of hydrogen-bond donors (Lipinski definition) is 1. The maximum atomic E-state index is 13.2. The minimum absolute atomic E-state index is 0. The summed E-state index contributed by atoms with van der Waals surface area (Å²) >= 11 is 0. The molecule has 1 aromatic carbocycles. The van der Waals surface area contributed by atoms with Crippen molar-refractivity contribution < 1.29 is 43.5 Å². The fourth-order valence-electron chi connectivity index (χ4n) is 3.03. The molecule has 0 saturated heterocycles. The summed E-state index contributed by atoms with van der Waals surface area (Å²) in [5, 5.41) is 0. The summed E-state index contributed by atoms with van der Waals surface area (Å²) in [6, 6.07) is 6.18. The van der Waals surface area contributed by atoms with Crippen molar-refractivity contribution in [3.8, 4) is 0 Å². The van der Waals surface area contributed by atoms with Crippen LogP contribution in [0.5, 0.6) is 0 Å². The number of benzene rings is 1. The van der Waals surface area contributed by atoms with Gasteiger partial charge in [-0.15, -0.1) is 0 Å². The number of primary amides is 1. The Hall–Kier alpha value is -2.02. The monoisotopic (exact) mass is 361 g/mol. The molecule has 7 heteroatoms. The van der Waals surface area contributed by atoms with Crippen LogP contribution in [-0.4, -0.2) is 21.1 Å². The van der Waals surface area contributed by atoms with Gasteiger partial charge < -0.3 is 15.1 Å². The van der Waals surface area contributed by atoms with Gasteiger partial charge in [0.2, 0.25) is 0 Å². The standard InChI is InChI=1S/C19H17FN3O2.Na/c1-3-14-15(8-12-4-6-13(20)7-5-12)23-10-11(2)22-9-16(23)17(14)18(24)19(21)25;/h4-7,10H,3,8H2,1-2H3,(H2,21,25);/q-1;+1. The Balaban J connectivity index is 0.00000243. The van der Waals surface area contributed by atoms with Crippen molar-refractivity contribution in [2.75, 3.05) is 0 Å². The molecule has 0 aliphatic rings. The number of Topliss-reactive ketones (excluding diaryl/α,β-unsaturated/α-hetero) is 1. The van der Waals surface area contributed by atoms with Crippen molar-refractivity contribution in [2.45, 2.75) is 26.7 Å². The molecule has 1 amide bonds. The van der Waals surface area contributed by atoms with E-state index in [4.69, 9.17) is 5.73 Å². The number of nitrogens with zero attached hydrogens (tertiary/aromatic N) is 2. The van der Waals surface area contributed by atoms with E-state index in [0.717, 1.165) is 22.5 Å². The molecule has 0 bridgehead atoms. The largest absolute Gasteiger partial charge is 1.00 e. The molecule has 2 N–H and O–H groups in total. The molecule has 0 aliphatic carbocycles. The zero-order valence-corrected chi connectivity index (χ0v) is 17.0. The molecule has 0 fully saturated rings. The number of hydrogen-bond acceptors (Lipinski definition) is 3. The molecule has 0 unspecified atom stereocenters. The van der Waals surface area contributed by atoms with E-state index < -0.39 is 11.7 Å². The predicted molar refractivity (Wildman–Crippen MR) is 90.9 cm³/mol. The number of aromatic nitrogens is 2. The second kappa shape index (κ2) is 8.12. The van der Waals surface area contributed by atoms with Crippen LogP contribution >= 0.6 is 0 Å². The maximum absolute atomic E-state index is 13.2. The van der Waals surface area contributed by atoms with E-state index in [0.29, 0.717) is 18.4 Å². The molecule has 5 nitrogen and oxygen atoms in total. The van der Waals surface area contributed by atoms with Gasteiger partial charge in [-0.3, -0.25) is 9.59 Å². The fourth-order valence-corrected chi connectivity index (χ4v) is 3.03. The van der Waals surface area contributed by atoms with E-state index in [2.05, 4.69) is 11.2 Å². The molecule has 3 aromatic rings. The number of carbonyl (C=O) groups excluding carboxylic acids is 2. The van der Waals surface area contributed by atoms with Crippen LogP contribution in [0, 0.1) is 18.9 Å². The van der Waals surface area contributed by atoms with Crippen molar-refractivity contribution in [3.05, 3.63) is 70.6 Å². The normalized spacial score (nSPS) is 10.6. The van der Waals surface area contributed by atoms with Crippen LogP contribution in [0.1, 0.15) is 39.8 Å². The molecular formula is C19H17FN3NaO2. The van der Waals surface area contributed by atoms with E-state index in [1.54, 1.807) is 18.3 Å². The summed E-state index contributed by atoms with van der Waals surface area (Å²) in [5.74, 6) is -2.07. The Labute approximate surface area is 172 Å². The minimum Gasteiger partial charge on any atom is -0.387 e. The van der Waals surface area contributed by atoms with Crippen molar-refractivity contribution in [1.29, 1.82) is 0 Å².